The summed E-state index contributed by atoms with van der Waals surface area (Å²) in [6, 6.07) is 3.13. The maximum atomic E-state index is 10.6. The van der Waals surface area contributed by atoms with E-state index in [0.717, 1.165) is 17.7 Å². The zero-order chi connectivity index (χ0) is 10.7. The fraction of sp³-hybridized carbons (Fsp3) is 0.300. The Balaban J connectivity index is 2.23. The molecule has 0 spiro atoms. The molecule has 0 fully saturated rings. The van der Waals surface area contributed by atoms with Crippen molar-refractivity contribution in [3.63, 3.8) is 0 Å². The molecule has 2 heterocycles. The second-order valence-corrected chi connectivity index (χ2v) is 3.16. The maximum Gasteiger partial charge on any atom is 0.356 e. The normalized spacial score (nSPS) is 15.9. The van der Waals surface area contributed by atoms with Crippen molar-refractivity contribution < 1.29 is 14.6 Å². The van der Waals surface area contributed by atoms with Crippen LogP contribution in [0.3, 0.4) is 0 Å². The van der Waals surface area contributed by atoms with Crippen LogP contribution in [0.15, 0.2) is 18.2 Å². The summed E-state index contributed by atoms with van der Waals surface area (Å²) in [5, 5.41) is 16.1. The van der Waals surface area contributed by atoms with Crippen molar-refractivity contribution in [3.05, 3.63) is 29.6 Å². The number of carboxylic acid groups (broad SMARTS) is 1. The number of hydrogen-bond donors (Lipinski definition) is 1. The first-order chi connectivity index (χ1) is 7.27. The molecule has 0 saturated heterocycles. The molecule has 1 N–H and O–H groups in total. The Labute approximate surface area is 86.4 Å². The molecule has 0 bridgehead atoms. The molecule has 1 aromatic rings. The molecule has 15 heavy (non-hydrogen) atoms. The van der Waals surface area contributed by atoms with E-state index < -0.39 is 5.97 Å². The summed E-state index contributed by atoms with van der Waals surface area (Å²) in [6.45, 7) is 1.26. The number of aromatic carboxylic acids is 1. The smallest absolute Gasteiger partial charge is 0.356 e. The van der Waals surface area contributed by atoms with Gasteiger partial charge < -0.3 is 9.84 Å². The van der Waals surface area contributed by atoms with E-state index in [9.17, 15) is 4.79 Å². The number of carboxylic acids is 1. The molecule has 0 aliphatic carbocycles. The monoisotopic (exact) mass is 206 g/mol. The Bertz CT molecular complexity index is 398. The average Bonchev–Trinajstić information content (AvgIpc) is 2.30. The van der Waals surface area contributed by atoms with Crippen molar-refractivity contribution in [2.24, 2.45) is 0 Å². The number of rotatable bonds is 2. The lowest BCUT2D eigenvalue weighted by Gasteiger charge is -2.12. The van der Waals surface area contributed by atoms with Gasteiger partial charge in [-0.05, 0) is 24.1 Å². The van der Waals surface area contributed by atoms with Gasteiger partial charge in [-0.3, -0.25) is 0 Å². The van der Waals surface area contributed by atoms with Gasteiger partial charge in [0.15, 0.2) is 5.69 Å². The van der Waals surface area contributed by atoms with Gasteiger partial charge in [0.1, 0.15) is 0 Å². The van der Waals surface area contributed by atoms with Gasteiger partial charge in [-0.25, -0.2) is 4.79 Å². The SMILES string of the molecule is O=C(O)c1ccc(C2=CCOCC2)nn1. The van der Waals surface area contributed by atoms with Crippen LogP contribution in [-0.4, -0.2) is 34.5 Å². The zero-order valence-corrected chi connectivity index (χ0v) is 8.01. The highest BCUT2D eigenvalue weighted by atomic mass is 16.5. The molecule has 78 valence electrons. The molecule has 0 radical (unpaired) electrons. The Hall–Kier alpha value is -1.75. The second-order valence-electron chi connectivity index (χ2n) is 3.16. The lowest BCUT2D eigenvalue weighted by Crippen LogP contribution is -2.07. The molecule has 2 rings (SSSR count). The summed E-state index contributed by atoms with van der Waals surface area (Å²) in [5.41, 5.74) is 1.75. The molecule has 1 aliphatic heterocycles. The first-order valence-corrected chi connectivity index (χ1v) is 4.61. The van der Waals surface area contributed by atoms with Gasteiger partial charge in [0.2, 0.25) is 0 Å². The van der Waals surface area contributed by atoms with Crippen molar-refractivity contribution in [3.8, 4) is 0 Å². The molecule has 0 aromatic carbocycles. The van der Waals surface area contributed by atoms with Gasteiger partial charge in [-0.2, -0.15) is 5.10 Å². The van der Waals surface area contributed by atoms with Gasteiger partial charge >= 0.3 is 5.97 Å². The minimum Gasteiger partial charge on any atom is -0.476 e. The topological polar surface area (TPSA) is 72.3 Å². The second kappa shape index (κ2) is 4.18. The van der Waals surface area contributed by atoms with Crippen LogP contribution >= 0.6 is 0 Å². The largest absolute Gasteiger partial charge is 0.476 e. The Kier molecular flexibility index (Phi) is 2.73. The first kappa shape index (κ1) is 9.79. The molecular formula is C10H10N2O3. The summed E-state index contributed by atoms with van der Waals surface area (Å²) in [7, 11) is 0. The van der Waals surface area contributed by atoms with E-state index in [2.05, 4.69) is 10.2 Å². The molecule has 1 aliphatic rings. The van der Waals surface area contributed by atoms with Crippen LogP contribution in [-0.2, 0) is 4.74 Å². The van der Waals surface area contributed by atoms with Crippen molar-refractivity contribution in [1.82, 2.24) is 10.2 Å². The predicted molar refractivity (Wildman–Crippen MR) is 52.4 cm³/mol. The van der Waals surface area contributed by atoms with Crippen LogP contribution in [0.25, 0.3) is 5.57 Å². The predicted octanol–water partition coefficient (Wildman–Crippen LogP) is 0.978. The fourth-order valence-corrected chi connectivity index (χ4v) is 1.38. The third-order valence-electron chi connectivity index (χ3n) is 2.18. The fourth-order valence-electron chi connectivity index (χ4n) is 1.38. The van der Waals surface area contributed by atoms with E-state index in [4.69, 9.17) is 9.84 Å². The third-order valence-corrected chi connectivity index (χ3v) is 2.18. The number of hydrogen-bond acceptors (Lipinski definition) is 4. The quantitative estimate of drug-likeness (QED) is 0.780. The zero-order valence-electron chi connectivity index (χ0n) is 8.01. The van der Waals surface area contributed by atoms with Crippen molar-refractivity contribution in [2.75, 3.05) is 13.2 Å². The maximum absolute atomic E-state index is 10.6. The molecule has 0 atom stereocenters. The molecule has 0 saturated carbocycles. The average molecular weight is 206 g/mol. The van der Waals surface area contributed by atoms with Crippen LogP contribution in [0.1, 0.15) is 22.6 Å². The van der Waals surface area contributed by atoms with E-state index in [1.807, 2.05) is 6.08 Å². The van der Waals surface area contributed by atoms with Gasteiger partial charge in [-0.15, -0.1) is 5.10 Å². The standard InChI is InChI=1S/C10H10N2O3/c13-10(14)9-2-1-8(11-12-9)7-3-5-15-6-4-7/h1-3H,4-6H2,(H,13,14). The number of carbonyl (C=O) groups is 1. The van der Waals surface area contributed by atoms with Crippen LogP contribution in [0.2, 0.25) is 0 Å². The minimum atomic E-state index is -1.06. The van der Waals surface area contributed by atoms with Crippen molar-refractivity contribution in [2.45, 2.75) is 6.42 Å². The summed E-state index contributed by atoms with van der Waals surface area (Å²) >= 11 is 0. The van der Waals surface area contributed by atoms with Crippen LogP contribution in [0.5, 0.6) is 0 Å². The Morgan fingerprint density at radius 3 is 2.80 bits per heavy atom. The van der Waals surface area contributed by atoms with Gasteiger partial charge in [0, 0.05) is 0 Å². The molecule has 0 unspecified atom stereocenters. The van der Waals surface area contributed by atoms with Gasteiger partial charge in [0.25, 0.3) is 0 Å². The number of ether oxygens (including phenoxy) is 1. The lowest BCUT2D eigenvalue weighted by atomic mass is 10.1. The molecule has 5 nitrogen and oxygen atoms in total. The highest BCUT2D eigenvalue weighted by molar-refractivity contribution is 5.85. The number of nitrogens with zero attached hydrogens (tertiary/aromatic N) is 2. The van der Waals surface area contributed by atoms with Gasteiger partial charge in [-0.1, -0.05) is 6.08 Å². The van der Waals surface area contributed by atoms with Crippen LogP contribution in [0, 0.1) is 0 Å². The summed E-state index contributed by atoms with van der Waals surface area (Å²) in [5.74, 6) is -1.06. The van der Waals surface area contributed by atoms with Crippen molar-refractivity contribution >= 4 is 11.5 Å². The lowest BCUT2D eigenvalue weighted by molar-refractivity contribution is 0.0689. The summed E-state index contributed by atoms with van der Waals surface area (Å²) < 4.78 is 5.16. The molecular weight excluding hydrogens is 196 g/mol. The molecule has 5 heteroatoms. The van der Waals surface area contributed by atoms with Gasteiger partial charge in [0.05, 0.1) is 18.9 Å². The molecule has 0 amide bonds. The van der Waals surface area contributed by atoms with E-state index in [1.165, 1.54) is 6.07 Å². The van der Waals surface area contributed by atoms with E-state index in [-0.39, 0.29) is 5.69 Å². The van der Waals surface area contributed by atoms with Crippen LogP contribution < -0.4 is 0 Å². The minimum absolute atomic E-state index is 0.0357. The van der Waals surface area contributed by atoms with E-state index >= 15 is 0 Å². The summed E-state index contributed by atoms with van der Waals surface area (Å²) in [6.07, 6.45) is 2.73. The first-order valence-electron chi connectivity index (χ1n) is 4.61. The third kappa shape index (κ3) is 2.19. The summed E-state index contributed by atoms with van der Waals surface area (Å²) in [4.78, 5) is 10.6. The van der Waals surface area contributed by atoms with E-state index in [0.29, 0.717) is 13.2 Å². The van der Waals surface area contributed by atoms with Crippen molar-refractivity contribution in [1.29, 1.82) is 0 Å². The Morgan fingerprint density at radius 1 is 1.40 bits per heavy atom. The van der Waals surface area contributed by atoms with E-state index in [1.54, 1.807) is 6.07 Å². The highest BCUT2D eigenvalue weighted by Crippen LogP contribution is 2.18. The highest BCUT2D eigenvalue weighted by Gasteiger charge is 2.10. The Morgan fingerprint density at radius 2 is 2.27 bits per heavy atom. The van der Waals surface area contributed by atoms with Crippen LogP contribution in [0.4, 0.5) is 0 Å². The molecule has 1 aromatic heterocycles. The number of aromatic nitrogens is 2.